The highest BCUT2D eigenvalue weighted by atomic mass is 35.5. The van der Waals surface area contributed by atoms with E-state index in [1.165, 1.54) is 26.2 Å². The standard InChI is InChI=1S/C19H26ClN3O5S/c1-4-19(8-5-9-19)10-21-13-14(17(26)16(13)25)22-12-7-6-11(20)18(15(12)24)29(27,28)23(2)3/h6-7,13-14,21-22,24H,4-5,8-10H2,1-3H3. The predicted octanol–water partition coefficient (Wildman–Crippen LogP) is 1.77. The molecule has 160 valence electrons. The van der Waals surface area contributed by atoms with Crippen LogP contribution < -0.4 is 10.6 Å². The molecule has 2 saturated carbocycles. The number of benzene rings is 1. The van der Waals surface area contributed by atoms with Gasteiger partial charge in [-0.1, -0.05) is 24.9 Å². The summed E-state index contributed by atoms with van der Waals surface area (Å²) in [6.45, 7) is 2.75. The Morgan fingerprint density at radius 2 is 1.83 bits per heavy atom. The van der Waals surface area contributed by atoms with E-state index in [4.69, 9.17) is 11.6 Å². The Kier molecular flexibility index (Phi) is 5.97. The van der Waals surface area contributed by atoms with Gasteiger partial charge in [-0.2, -0.15) is 0 Å². The van der Waals surface area contributed by atoms with E-state index in [1.807, 2.05) is 0 Å². The third-order valence-corrected chi connectivity index (χ3v) is 8.45. The zero-order valence-corrected chi connectivity index (χ0v) is 18.2. The second kappa shape index (κ2) is 7.86. The summed E-state index contributed by atoms with van der Waals surface area (Å²) < 4.78 is 25.9. The number of phenols is 1. The molecule has 0 heterocycles. The maximum atomic E-state index is 12.5. The van der Waals surface area contributed by atoms with Crippen LogP contribution in [0.25, 0.3) is 0 Å². The maximum absolute atomic E-state index is 12.5. The molecule has 0 bridgehead atoms. The minimum atomic E-state index is -4.01. The number of carbonyl (C=O) groups excluding carboxylic acids is 2. The van der Waals surface area contributed by atoms with Crippen LogP contribution in [0.4, 0.5) is 5.69 Å². The van der Waals surface area contributed by atoms with Crippen LogP contribution in [0.15, 0.2) is 17.0 Å². The van der Waals surface area contributed by atoms with Gasteiger partial charge in [0.1, 0.15) is 17.0 Å². The molecule has 8 nitrogen and oxygen atoms in total. The fourth-order valence-electron chi connectivity index (χ4n) is 3.79. The fourth-order valence-corrected chi connectivity index (χ4v) is 5.27. The molecule has 2 unspecified atom stereocenters. The van der Waals surface area contributed by atoms with Crippen molar-refractivity contribution in [2.75, 3.05) is 26.0 Å². The first-order valence-electron chi connectivity index (χ1n) is 9.56. The van der Waals surface area contributed by atoms with E-state index in [1.54, 1.807) is 0 Å². The molecule has 0 aromatic heterocycles. The Hall–Kier alpha value is -1.68. The zero-order chi connectivity index (χ0) is 21.6. The Balaban J connectivity index is 1.81. The second-order valence-corrected chi connectivity index (χ2v) is 10.5. The summed E-state index contributed by atoms with van der Waals surface area (Å²) in [5.74, 6) is -1.70. The second-order valence-electron chi connectivity index (χ2n) is 7.98. The molecule has 2 fully saturated rings. The number of hydrogen-bond acceptors (Lipinski definition) is 7. The number of halogens is 1. The van der Waals surface area contributed by atoms with Crippen LogP contribution in [-0.2, 0) is 19.6 Å². The molecule has 0 radical (unpaired) electrons. The van der Waals surface area contributed by atoms with Gasteiger partial charge in [0, 0.05) is 20.6 Å². The van der Waals surface area contributed by atoms with Gasteiger partial charge in [-0.25, -0.2) is 12.7 Å². The number of Topliss-reactive ketones (excluding diaryl/α,β-unsaturated/α-hetero) is 2. The molecule has 0 saturated heterocycles. The number of sulfonamides is 1. The van der Waals surface area contributed by atoms with E-state index >= 15 is 0 Å². The minimum Gasteiger partial charge on any atom is -0.504 e. The third kappa shape index (κ3) is 3.76. The van der Waals surface area contributed by atoms with Crippen LogP contribution >= 0.6 is 11.6 Å². The number of hydrogen-bond donors (Lipinski definition) is 3. The number of aromatic hydroxyl groups is 1. The lowest BCUT2D eigenvalue weighted by Gasteiger charge is -2.44. The summed E-state index contributed by atoms with van der Waals surface area (Å²) in [6.07, 6.45) is 4.34. The van der Waals surface area contributed by atoms with Gasteiger partial charge in [0.2, 0.25) is 21.6 Å². The lowest BCUT2D eigenvalue weighted by molar-refractivity contribution is -0.145. The predicted molar refractivity (Wildman–Crippen MR) is 110 cm³/mol. The van der Waals surface area contributed by atoms with Gasteiger partial charge in [0.15, 0.2) is 5.75 Å². The molecule has 0 spiro atoms. The van der Waals surface area contributed by atoms with Gasteiger partial charge in [0.05, 0.1) is 10.7 Å². The molecule has 1 aromatic carbocycles. The van der Waals surface area contributed by atoms with E-state index < -0.39 is 44.3 Å². The average molecular weight is 444 g/mol. The molecule has 2 aliphatic rings. The molecular formula is C19H26ClN3O5S. The molecule has 0 aliphatic heterocycles. The average Bonchev–Trinajstić information content (AvgIpc) is 2.63. The number of carbonyl (C=O) groups is 2. The fraction of sp³-hybridized carbons (Fsp3) is 0.579. The van der Waals surface area contributed by atoms with E-state index in [-0.39, 0.29) is 16.1 Å². The number of nitrogens with one attached hydrogen (secondary N) is 2. The van der Waals surface area contributed by atoms with Crippen LogP contribution in [0.5, 0.6) is 5.75 Å². The summed E-state index contributed by atoms with van der Waals surface area (Å²) in [5.41, 5.74) is 0.195. The van der Waals surface area contributed by atoms with E-state index in [0.29, 0.717) is 6.54 Å². The van der Waals surface area contributed by atoms with Crippen molar-refractivity contribution >= 4 is 38.9 Å². The Bertz CT molecular complexity index is 938. The van der Waals surface area contributed by atoms with Gasteiger partial charge in [-0.15, -0.1) is 0 Å². The van der Waals surface area contributed by atoms with Crippen molar-refractivity contribution < 1.29 is 23.1 Å². The van der Waals surface area contributed by atoms with Gasteiger partial charge < -0.3 is 15.7 Å². The number of phenolic OH excluding ortho intramolecular Hbond substituents is 1. The van der Waals surface area contributed by atoms with Crippen molar-refractivity contribution in [3.8, 4) is 5.75 Å². The Morgan fingerprint density at radius 3 is 2.34 bits per heavy atom. The topological polar surface area (TPSA) is 116 Å². The van der Waals surface area contributed by atoms with Gasteiger partial charge >= 0.3 is 0 Å². The summed E-state index contributed by atoms with van der Waals surface area (Å²) in [4.78, 5) is 23.8. The van der Waals surface area contributed by atoms with Crippen molar-refractivity contribution in [3.63, 3.8) is 0 Å². The van der Waals surface area contributed by atoms with Crippen molar-refractivity contribution in [2.45, 2.75) is 49.6 Å². The number of rotatable bonds is 8. The van der Waals surface area contributed by atoms with E-state index in [9.17, 15) is 23.1 Å². The SMILES string of the molecule is CCC1(CNC2C(=O)C(=O)C2Nc2ccc(Cl)c(S(=O)(=O)N(C)C)c2O)CCC1. The first kappa shape index (κ1) is 22.0. The minimum absolute atomic E-state index is 0.0290. The van der Waals surface area contributed by atoms with Crippen molar-refractivity contribution in [3.05, 3.63) is 17.2 Å². The van der Waals surface area contributed by atoms with Crippen LogP contribution in [-0.4, -0.2) is 62.1 Å². The van der Waals surface area contributed by atoms with Gasteiger partial charge in [-0.05, 0) is 36.8 Å². The molecule has 3 N–H and O–H groups in total. The van der Waals surface area contributed by atoms with Gasteiger partial charge in [-0.3, -0.25) is 9.59 Å². The Morgan fingerprint density at radius 1 is 1.21 bits per heavy atom. The van der Waals surface area contributed by atoms with Crippen molar-refractivity contribution in [1.29, 1.82) is 0 Å². The van der Waals surface area contributed by atoms with Crippen LogP contribution in [0.2, 0.25) is 5.02 Å². The lowest BCUT2D eigenvalue weighted by atomic mass is 9.66. The van der Waals surface area contributed by atoms with E-state index in [2.05, 4.69) is 17.6 Å². The molecule has 2 atom stereocenters. The highest BCUT2D eigenvalue weighted by Gasteiger charge is 2.50. The Labute approximate surface area is 175 Å². The third-order valence-electron chi connectivity index (χ3n) is 6.14. The lowest BCUT2D eigenvalue weighted by Crippen LogP contribution is -2.68. The normalized spacial score (nSPS) is 23.6. The van der Waals surface area contributed by atoms with Crippen LogP contribution in [0.3, 0.4) is 0 Å². The first-order valence-corrected chi connectivity index (χ1v) is 11.4. The number of nitrogens with zero attached hydrogens (tertiary/aromatic N) is 1. The molecule has 29 heavy (non-hydrogen) atoms. The van der Waals surface area contributed by atoms with Crippen molar-refractivity contribution in [2.24, 2.45) is 5.41 Å². The quantitative estimate of drug-likeness (QED) is 0.414. The van der Waals surface area contributed by atoms with Crippen LogP contribution in [0.1, 0.15) is 32.6 Å². The summed E-state index contributed by atoms with van der Waals surface area (Å²) in [7, 11) is -1.36. The van der Waals surface area contributed by atoms with Gasteiger partial charge in [0.25, 0.3) is 0 Å². The number of anilines is 1. The molecular weight excluding hydrogens is 418 g/mol. The largest absolute Gasteiger partial charge is 0.504 e. The summed E-state index contributed by atoms with van der Waals surface area (Å²) in [6, 6.07) is 1.13. The highest BCUT2D eigenvalue weighted by molar-refractivity contribution is 7.89. The number of ketones is 2. The molecule has 3 rings (SSSR count). The molecule has 2 aliphatic carbocycles. The smallest absolute Gasteiger partial charge is 0.247 e. The summed E-state index contributed by atoms with van der Waals surface area (Å²) >= 11 is 6.01. The van der Waals surface area contributed by atoms with Crippen LogP contribution in [0, 0.1) is 5.41 Å². The highest BCUT2D eigenvalue weighted by Crippen LogP contribution is 2.43. The van der Waals surface area contributed by atoms with E-state index in [0.717, 1.165) is 30.0 Å². The molecule has 0 amide bonds. The molecule has 10 heteroatoms. The van der Waals surface area contributed by atoms with Crippen molar-refractivity contribution in [1.82, 2.24) is 9.62 Å². The maximum Gasteiger partial charge on any atom is 0.247 e. The molecule has 1 aromatic rings. The summed E-state index contributed by atoms with van der Waals surface area (Å²) in [5, 5.41) is 16.4. The first-order chi connectivity index (χ1) is 13.5. The zero-order valence-electron chi connectivity index (χ0n) is 16.7. The monoisotopic (exact) mass is 443 g/mol.